The van der Waals surface area contributed by atoms with Gasteiger partial charge in [0, 0.05) is 11.8 Å². The normalized spacial score (nSPS) is 12.6. The van der Waals surface area contributed by atoms with Crippen LogP contribution < -0.4 is 21.6 Å². The number of benzene rings is 2. The van der Waals surface area contributed by atoms with Crippen molar-refractivity contribution in [2.75, 3.05) is 13.2 Å². The number of hydrogen-bond donors (Lipinski definition) is 1. The van der Waals surface area contributed by atoms with Gasteiger partial charge in [0.1, 0.15) is 6.61 Å². The molecule has 0 aliphatic carbocycles. The first-order chi connectivity index (χ1) is 16.1. The van der Waals surface area contributed by atoms with Gasteiger partial charge in [0.2, 0.25) is 0 Å². The lowest BCUT2D eigenvalue weighted by atomic mass is 10.2. The molecule has 0 atom stereocenters. The third kappa shape index (κ3) is 5.66. The molecule has 7 heteroatoms. The minimum Gasteiger partial charge on any atom is -0.499 e. The molecule has 2 aromatic carbocycles. The Morgan fingerprint density at radius 3 is 2.06 bits per heavy atom. The number of aryl methyl sites for hydroxylation is 1. The number of nitrogens with zero attached hydrogens (tertiary/aromatic N) is 1. The zero-order valence-corrected chi connectivity index (χ0v) is 21.6. The molecule has 0 radical (unpaired) electrons. The van der Waals surface area contributed by atoms with Crippen LogP contribution in [0.4, 0.5) is 0 Å². The summed E-state index contributed by atoms with van der Waals surface area (Å²) in [6.07, 6.45) is 3.21. The van der Waals surface area contributed by atoms with E-state index < -0.39 is 14.0 Å². The fourth-order valence-electron chi connectivity index (χ4n) is 4.25. The maximum atomic E-state index is 12.0. The first kappa shape index (κ1) is 25.5. The van der Waals surface area contributed by atoms with Crippen LogP contribution in [0.25, 0.3) is 0 Å². The fourth-order valence-corrected chi connectivity index (χ4v) is 8.79. The van der Waals surface area contributed by atoms with E-state index in [1.807, 2.05) is 19.1 Å². The second kappa shape index (κ2) is 10.8. The van der Waals surface area contributed by atoms with Crippen molar-refractivity contribution in [2.24, 2.45) is 0 Å². The van der Waals surface area contributed by atoms with Crippen LogP contribution >= 0.6 is 0 Å². The van der Waals surface area contributed by atoms with Gasteiger partial charge in [-0.15, -0.1) is 0 Å². The van der Waals surface area contributed by atoms with E-state index in [9.17, 15) is 9.59 Å². The van der Waals surface area contributed by atoms with Gasteiger partial charge >= 0.3 is 5.69 Å². The summed E-state index contributed by atoms with van der Waals surface area (Å²) in [5.74, 6) is 0. The van der Waals surface area contributed by atoms with Crippen molar-refractivity contribution in [1.82, 2.24) is 9.55 Å². The summed E-state index contributed by atoms with van der Waals surface area (Å²) in [5.41, 5.74) is 0.559. The zero-order valence-electron chi connectivity index (χ0n) is 20.6. The monoisotopic (exact) mass is 478 g/mol. The van der Waals surface area contributed by atoms with Crippen LogP contribution in [-0.2, 0) is 15.7 Å². The number of allylic oxidation sites excluding steroid dienone is 1. The molecule has 3 rings (SSSR count). The number of ether oxygens (including phenoxy) is 1. The van der Waals surface area contributed by atoms with E-state index in [-0.39, 0.29) is 10.6 Å². The molecule has 0 aliphatic rings. The smallest absolute Gasteiger partial charge is 0.328 e. The molecule has 1 aromatic heterocycles. The molecule has 0 saturated carbocycles. The summed E-state index contributed by atoms with van der Waals surface area (Å²) in [6.45, 7) is 11.5. The standard InChI is InChI=1S/C27H34N2O4Si/c1-21(18-29-19-22(2)25(30)28-26(29)31)20-32-16-17-33-34(27(3,4)5,23-12-8-6-9-13-23)24-14-10-7-11-15-24/h6-15,19-20H,16-18H2,1-5H3,(H,28,30,31)/b21-20+. The minimum absolute atomic E-state index is 0.0925. The minimum atomic E-state index is -2.59. The Hall–Kier alpha value is -3.16. The predicted molar refractivity (Wildman–Crippen MR) is 139 cm³/mol. The molecule has 0 saturated heterocycles. The van der Waals surface area contributed by atoms with Crippen molar-refractivity contribution in [1.29, 1.82) is 0 Å². The van der Waals surface area contributed by atoms with Crippen molar-refractivity contribution in [3.8, 4) is 0 Å². The quantitative estimate of drug-likeness (QED) is 0.291. The van der Waals surface area contributed by atoms with Gasteiger partial charge < -0.3 is 9.16 Å². The Labute approximate surface area is 202 Å². The topological polar surface area (TPSA) is 73.3 Å². The van der Waals surface area contributed by atoms with Crippen molar-refractivity contribution in [3.63, 3.8) is 0 Å². The van der Waals surface area contributed by atoms with Crippen LogP contribution in [-0.4, -0.2) is 31.1 Å². The van der Waals surface area contributed by atoms with E-state index >= 15 is 0 Å². The molecule has 1 N–H and O–H groups in total. The molecular weight excluding hydrogens is 444 g/mol. The van der Waals surface area contributed by atoms with Crippen LogP contribution in [0.3, 0.4) is 0 Å². The summed E-state index contributed by atoms with van der Waals surface area (Å²) in [7, 11) is -2.59. The number of aromatic nitrogens is 2. The van der Waals surface area contributed by atoms with E-state index in [4.69, 9.17) is 9.16 Å². The second-order valence-corrected chi connectivity index (χ2v) is 13.9. The van der Waals surface area contributed by atoms with Crippen LogP contribution in [0, 0.1) is 6.92 Å². The van der Waals surface area contributed by atoms with E-state index in [0.29, 0.717) is 25.3 Å². The van der Waals surface area contributed by atoms with Gasteiger partial charge in [-0.3, -0.25) is 14.3 Å². The van der Waals surface area contributed by atoms with Crippen molar-refractivity contribution in [2.45, 2.75) is 46.2 Å². The van der Waals surface area contributed by atoms with Gasteiger partial charge in [-0.1, -0.05) is 81.4 Å². The van der Waals surface area contributed by atoms with Crippen molar-refractivity contribution < 1.29 is 9.16 Å². The Bertz CT molecular complexity index is 1190. The largest absolute Gasteiger partial charge is 0.499 e. The number of rotatable bonds is 9. The van der Waals surface area contributed by atoms with E-state index in [1.165, 1.54) is 14.9 Å². The molecule has 0 aliphatic heterocycles. The zero-order chi connectivity index (χ0) is 24.8. The molecule has 6 nitrogen and oxygen atoms in total. The van der Waals surface area contributed by atoms with Crippen molar-refractivity contribution >= 4 is 18.7 Å². The summed E-state index contributed by atoms with van der Waals surface area (Å²) < 4.78 is 14.1. The van der Waals surface area contributed by atoms with Gasteiger partial charge in [0.25, 0.3) is 13.9 Å². The molecule has 0 fully saturated rings. The average molecular weight is 479 g/mol. The number of nitrogens with one attached hydrogen (secondary N) is 1. The van der Waals surface area contributed by atoms with Gasteiger partial charge in [-0.25, -0.2) is 4.79 Å². The molecule has 0 spiro atoms. The molecule has 0 amide bonds. The van der Waals surface area contributed by atoms with E-state index in [2.05, 4.69) is 74.3 Å². The Morgan fingerprint density at radius 2 is 1.53 bits per heavy atom. The van der Waals surface area contributed by atoms with Crippen LogP contribution in [0.1, 0.15) is 33.3 Å². The Kier molecular flexibility index (Phi) is 8.12. The van der Waals surface area contributed by atoms with Crippen LogP contribution in [0.5, 0.6) is 0 Å². The molecule has 0 bridgehead atoms. The highest BCUT2D eigenvalue weighted by Crippen LogP contribution is 2.36. The molecule has 3 aromatic rings. The maximum Gasteiger partial charge on any atom is 0.328 e. The van der Waals surface area contributed by atoms with Gasteiger partial charge in [0.05, 0.1) is 19.4 Å². The summed E-state index contributed by atoms with van der Waals surface area (Å²) in [4.78, 5) is 25.9. The SMILES string of the molecule is C/C(=C\OCCO[Si](c1ccccc1)(c1ccccc1)C(C)(C)C)Cn1cc(C)c(=O)[nH]c1=O. The lowest BCUT2D eigenvalue weighted by Crippen LogP contribution is -2.66. The highest BCUT2D eigenvalue weighted by molar-refractivity contribution is 6.99. The number of hydrogen-bond acceptors (Lipinski definition) is 4. The van der Waals surface area contributed by atoms with Crippen LogP contribution in [0.2, 0.25) is 5.04 Å². The summed E-state index contributed by atoms with van der Waals surface area (Å²) >= 11 is 0. The Morgan fingerprint density at radius 1 is 0.971 bits per heavy atom. The molecule has 34 heavy (non-hydrogen) atoms. The average Bonchev–Trinajstić information content (AvgIpc) is 2.80. The second-order valence-electron chi connectivity index (χ2n) is 9.55. The highest BCUT2D eigenvalue weighted by atomic mass is 28.4. The third-order valence-electron chi connectivity index (χ3n) is 5.83. The van der Waals surface area contributed by atoms with Gasteiger partial charge in [0.15, 0.2) is 0 Å². The fraction of sp³-hybridized carbons (Fsp3) is 0.333. The molecule has 180 valence electrons. The van der Waals surface area contributed by atoms with E-state index in [0.717, 1.165) is 5.57 Å². The first-order valence-corrected chi connectivity index (χ1v) is 13.4. The number of H-pyrrole nitrogens is 1. The predicted octanol–water partition coefficient (Wildman–Crippen LogP) is 3.34. The van der Waals surface area contributed by atoms with E-state index in [1.54, 1.807) is 19.4 Å². The molecule has 0 unspecified atom stereocenters. The Balaban J connectivity index is 1.74. The first-order valence-electron chi connectivity index (χ1n) is 11.5. The lowest BCUT2D eigenvalue weighted by molar-refractivity contribution is 0.170. The highest BCUT2D eigenvalue weighted by Gasteiger charge is 2.50. The maximum absolute atomic E-state index is 12.0. The third-order valence-corrected chi connectivity index (χ3v) is 10.9. The summed E-state index contributed by atoms with van der Waals surface area (Å²) in [6, 6.07) is 21.0. The van der Waals surface area contributed by atoms with Crippen molar-refractivity contribution in [3.05, 3.63) is 105 Å². The van der Waals surface area contributed by atoms with Crippen LogP contribution in [0.15, 0.2) is 88.3 Å². The van der Waals surface area contributed by atoms with Gasteiger partial charge in [-0.2, -0.15) is 0 Å². The molecule has 1 heterocycles. The lowest BCUT2D eigenvalue weighted by Gasteiger charge is -2.43. The summed E-state index contributed by atoms with van der Waals surface area (Å²) in [5, 5.41) is 2.37. The molecular formula is C27H34N2O4Si. The number of aromatic amines is 1. The van der Waals surface area contributed by atoms with Gasteiger partial charge in [-0.05, 0) is 34.8 Å².